The lowest BCUT2D eigenvalue weighted by Crippen LogP contribution is -2.48. The SMILES string of the molecule is CCOC(=O)C(C)(C(=O)O)C1CCCCC1CC. The minimum atomic E-state index is -1.39. The number of carbonyl (C=O) groups is 2. The van der Waals surface area contributed by atoms with E-state index in [2.05, 4.69) is 6.92 Å². The van der Waals surface area contributed by atoms with Crippen molar-refractivity contribution < 1.29 is 19.4 Å². The van der Waals surface area contributed by atoms with Gasteiger partial charge in [0.2, 0.25) is 0 Å². The van der Waals surface area contributed by atoms with Crippen LogP contribution in [0, 0.1) is 17.3 Å². The van der Waals surface area contributed by atoms with Crippen molar-refractivity contribution in [3.8, 4) is 0 Å². The van der Waals surface area contributed by atoms with Crippen molar-refractivity contribution >= 4 is 11.9 Å². The van der Waals surface area contributed by atoms with Gasteiger partial charge in [0.25, 0.3) is 0 Å². The zero-order valence-corrected chi connectivity index (χ0v) is 11.6. The van der Waals surface area contributed by atoms with Crippen molar-refractivity contribution in [1.29, 1.82) is 0 Å². The van der Waals surface area contributed by atoms with Crippen LogP contribution in [0.4, 0.5) is 0 Å². The van der Waals surface area contributed by atoms with Crippen molar-refractivity contribution in [2.45, 2.75) is 52.9 Å². The van der Waals surface area contributed by atoms with Gasteiger partial charge in [0, 0.05) is 0 Å². The molecule has 3 atom stereocenters. The van der Waals surface area contributed by atoms with E-state index in [1.807, 2.05) is 0 Å². The number of esters is 1. The molecule has 104 valence electrons. The summed E-state index contributed by atoms with van der Waals surface area (Å²) in [6, 6.07) is 0. The van der Waals surface area contributed by atoms with Gasteiger partial charge in [0.05, 0.1) is 6.61 Å². The number of aliphatic carboxylic acids is 1. The average molecular weight is 256 g/mol. The molecule has 4 heteroatoms. The fraction of sp³-hybridized carbons (Fsp3) is 0.857. The van der Waals surface area contributed by atoms with E-state index in [0.717, 1.165) is 32.1 Å². The first-order valence-electron chi connectivity index (χ1n) is 6.89. The summed E-state index contributed by atoms with van der Waals surface area (Å²) in [6.07, 6.45) is 4.88. The van der Waals surface area contributed by atoms with E-state index in [-0.39, 0.29) is 12.5 Å². The maximum Gasteiger partial charge on any atom is 0.323 e. The molecule has 1 saturated carbocycles. The molecule has 0 aromatic carbocycles. The highest BCUT2D eigenvalue weighted by molar-refractivity contribution is 5.99. The number of hydrogen-bond acceptors (Lipinski definition) is 3. The zero-order valence-electron chi connectivity index (χ0n) is 11.6. The normalized spacial score (nSPS) is 27.3. The third-order valence-corrected chi connectivity index (χ3v) is 4.32. The Hall–Kier alpha value is -1.06. The molecule has 1 N–H and O–H groups in total. The second-order valence-electron chi connectivity index (χ2n) is 5.29. The summed E-state index contributed by atoms with van der Waals surface area (Å²) in [5.74, 6) is -1.42. The molecule has 1 rings (SSSR count). The molecular formula is C14H24O4. The van der Waals surface area contributed by atoms with Crippen molar-refractivity contribution in [1.82, 2.24) is 0 Å². The van der Waals surface area contributed by atoms with Gasteiger partial charge in [-0.25, -0.2) is 0 Å². The first kappa shape index (κ1) is 15.0. The van der Waals surface area contributed by atoms with Gasteiger partial charge in [-0.15, -0.1) is 0 Å². The summed E-state index contributed by atoms with van der Waals surface area (Å²) in [6.45, 7) is 5.53. The van der Waals surface area contributed by atoms with Gasteiger partial charge in [0.1, 0.15) is 0 Å². The van der Waals surface area contributed by atoms with Crippen LogP contribution in [-0.2, 0) is 14.3 Å². The van der Waals surface area contributed by atoms with Crippen molar-refractivity contribution in [3.05, 3.63) is 0 Å². The minimum absolute atomic E-state index is 0.104. The number of carboxylic acid groups (broad SMARTS) is 1. The van der Waals surface area contributed by atoms with E-state index < -0.39 is 17.4 Å². The second-order valence-corrected chi connectivity index (χ2v) is 5.29. The van der Waals surface area contributed by atoms with Crippen molar-refractivity contribution in [2.75, 3.05) is 6.61 Å². The Morgan fingerprint density at radius 2 is 1.89 bits per heavy atom. The number of carbonyl (C=O) groups excluding carboxylic acids is 1. The van der Waals surface area contributed by atoms with Gasteiger partial charge in [-0.3, -0.25) is 9.59 Å². The monoisotopic (exact) mass is 256 g/mol. The average Bonchev–Trinajstić information content (AvgIpc) is 2.37. The molecule has 0 aromatic rings. The van der Waals surface area contributed by atoms with Gasteiger partial charge in [-0.1, -0.05) is 32.6 Å². The Labute approximate surface area is 109 Å². The molecule has 0 saturated heterocycles. The molecule has 0 heterocycles. The molecule has 1 aliphatic carbocycles. The van der Waals surface area contributed by atoms with Crippen molar-refractivity contribution in [3.63, 3.8) is 0 Å². The fourth-order valence-corrected chi connectivity index (χ4v) is 3.13. The second kappa shape index (κ2) is 6.21. The molecule has 4 nitrogen and oxygen atoms in total. The molecule has 0 aliphatic heterocycles. The molecule has 0 amide bonds. The molecule has 1 aliphatic rings. The van der Waals surface area contributed by atoms with Crippen LogP contribution in [0.2, 0.25) is 0 Å². The van der Waals surface area contributed by atoms with E-state index in [1.54, 1.807) is 6.92 Å². The highest BCUT2D eigenvalue weighted by Crippen LogP contribution is 2.44. The summed E-state index contributed by atoms with van der Waals surface area (Å²) in [5.41, 5.74) is -1.39. The Morgan fingerprint density at radius 3 is 2.39 bits per heavy atom. The van der Waals surface area contributed by atoms with E-state index in [1.165, 1.54) is 6.92 Å². The number of carboxylic acids is 1. The lowest BCUT2D eigenvalue weighted by molar-refractivity contribution is -0.174. The van der Waals surface area contributed by atoms with Gasteiger partial charge >= 0.3 is 11.9 Å². The summed E-state index contributed by atoms with van der Waals surface area (Å²) in [4.78, 5) is 23.7. The lowest BCUT2D eigenvalue weighted by Gasteiger charge is -2.39. The molecule has 18 heavy (non-hydrogen) atoms. The maximum absolute atomic E-state index is 12.1. The van der Waals surface area contributed by atoms with Gasteiger partial charge in [-0.2, -0.15) is 0 Å². The number of hydrogen-bond donors (Lipinski definition) is 1. The van der Waals surface area contributed by atoms with Crippen LogP contribution in [0.15, 0.2) is 0 Å². The van der Waals surface area contributed by atoms with Crippen molar-refractivity contribution in [2.24, 2.45) is 17.3 Å². The van der Waals surface area contributed by atoms with Crippen LogP contribution in [0.1, 0.15) is 52.9 Å². The van der Waals surface area contributed by atoms with Gasteiger partial charge in [-0.05, 0) is 32.1 Å². The zero-order chi connectivity index (χ0) is 13.8. The van der Waals surface area contributed by atoms with Crippen LogP contribution >= 0.6 is 0 Å². The Bertz CT molecular complexity index is 313. The van der Waals surface area contributed by atoms with Gasteiger partial charge in [0.15, 0.2) is 5.41 Å². The first-order chi connectivity index (χ1) is 8.48. The Kier molecular flexibility index (Phi) is 5.17. The van der Waals surface area contributed by atoms with E-state index >= 15 is 0 Å². The van der Waals surface area contributed by atoms with Crippen LogP contribution in [-0.4, -0.2) is 23.7 Å². The van der Waals surface area contributed by atoms with E-state index in [9.17, 15) is 14.7 Å². The highest BCUT2D eigenvalue weighted by atomic mass is 16.5. The van der Waals surface area contributed by atoms with Crippen LogP contribution in [0.25, 0.3) is 0 Å². The summed E-state index contributed by atoms with van der Waals surface area (Å²) in [7, 11) is 0. The maximum atomic E-state index is 12.1. The number of rotatable bonds is 5. The third kappa shape index (κ3) is 2.68. The Morgan fingerprint density at radius 1 is 1.28 bits per heavy atom. The standard InChI is InChI=1S/C14H24O4/c1-4-10-8-6-7-9-11(10)14(3,12(15)16)13(17)18-5-2/h10-11H,4-9H2,1-3H3,(H,15,16). The topological polar surface area (TPSA) is 63.6 Å². The van der Waals surface area contributed by atoms with Gasteiger partial charge < -0.3 is 9.84 Å². The smallest absolute Gasteiger partial charge is 0.323 e. The van der Waals surface area contributed by atoms with Crippen LogP contribution in [0.5, 0.6) is 0 Å². The largest absolute Gasteiger partial charge is 0.480 e. The first-order valence-corrected chi connectivity index (χ1v) is 6.89. The predicted molar refractivity (Wildman–Crippen MR) is 68.1 cm³/mol. The summed E-state index contributed by atoms with van der Waals surface area (Å²) in [5, 5.41) is 9.49. The molecule has 0 radical (unpaired) electrons. The molecule has 0 aromatic heterocycles. The lowest BCUT2D eigenvalue weighted by atomic mass is 9.64. The fourth-order valence-electron chi connectivity index (χ4n) is 3.13. The Balaban J connectivity index is 3.01. The number of ether oxygens (including phenoxy) is 1. The van der Waals surface area contributed by atoms with Crippen LogP contribution in [0.3, 0.4) is 0 Å². The quantitative estimate of drug-likeness (QED) is 0.607. The van der Waals surface area contributed by atoms with Crippen LogP contribution < -0.4 is 0 Å². The van der Waals surface area contributed by atoms with E-state index in [0.29, 0.717) is 5.92 Å². The molecular weight excluding hydrogens is 232 g/mol. The predicted octanol–water partition coefficient (Wildman–Crippen LogP) is 2.86. The molecule has 0 bridgehead atoms. The third-order valence-electron chi connectivity index (χ3n) is 4.32. The molecule has 0 spiro atoms. The summed E-state index contributed by atoms with van der Waals surface area (Å²) < 4.78 is 4.99. The minimum Gasteiger partial charge on any atom is -0.480 e. The summed E-state index contributed by atoms with van der Waals surface area (Å²) >= 11 is 0. The van der Waals surface area contributed by atoms with E-state index in [4.69, 9.17) is 4.74 Å². The molecule has 1 fully saturated rings. The molecule has 3 unspecified atom stereocenters. The highest BCUT2D eigenvalue weighted by Gasteiger charge is 2.52.